The van der Waals surface area contributed by atoms with Crippen LogP contribution in [0.4, 0.5) is 11.5 Å². The number of hydrogen-bond donors (Lipinski definition) is 2. The Bertz CT molecular complexity index is 594. The van der Waals surface area contributed by atoms with Gasteiger partial charge in [0, 0.05) is 6.42 Å². The van der Waals surface area contributed by atoms with E-state index in [4.69, 9.17) is 10.5 Å². The minimum absolute atomic E-state index is 0.0510. The minimum Gasteiger partial charge on any atom is -0.497 e. The number of pyridine rings is 1. The van der Waals surface area contributed by atoms with Gasteiger partial charge in [0.05, 0.1) is 19.0 Å². The molecular weight excluding hydrogens is 266 g/mol. The fourth-order valence-electron chi connectivity index (χ4n) is 2.02. The van der Waals surface area contributed by atoms with Crippen molar-refractivity contribution in [3.63, 3.8) is 0 Å². The number of ether oxygens (including phenoxy) is 1. The number of rotatable bonds is 5. The SMILES string of the molecule is COc1ccc(C(C)CC(=O)Nc2ccc(N)nc2)cc1. The van der Waals surface area contributed by atoms with Gasteiger partial charge in [-0.1, -0.05) is 19.1 Å². The Labute approximate surface area is 124 Å². The van der Waals surface area contributed by atoms with Gasteiger partial charge in [-0.25, -0.2) is 4.98 Å². The molecule has 0 bridgehead atoms. The van der Waals surface area contributed by atoms with E-state index in [9.17, 15) is 4.79 Å². The van der Waals surface area contributed by atoms with Crippen molar-refractivity contribution in [3.8, 4) is 5.75 Å². The smallest absolute Gasteiger partial charge is 0.225 e. The van der Waals surface area contributed by atoms with Gasteiger partial charge >= 0.3 is 0 Å². The molecule has 0 fully saturated rings. The summed E-state index contributed by atoms with van der Waals surface area (Å²) in [5.41, 5.74) is 7.25. The van der Waals surface area contributed by atoms with Crippen LogP contribution in [0.2, 0.25) is 0 Å². The molecule has 1 aromatic heterocycles. The number of nitrogen functional groups attached to an aromatic ring is 1. The predicted molar refractivity (Wildman–Crippen MR) is 83.3 cm³/mol. The topological polar surface area (TPSA) is 77.2 Å². The molecule has 1 unspecified atom stereocenters. The summed E-state index contributed by atoms with van der Waals surface area (Å²) in [4.78, 5) is 15.9. The first-order valence-corrected chi connectivity index (χ1v) is 6.74. The summed E-state index contributed by atoms with van der Waals surface area (Å²) in [5.74, 6) is 1.31. The van der Waals surface area contributed by atoms with Gasteiger partial charge in [0.25, 0.3) is 0 Å². The molecule has 0 aliphatic heterocycles. The van der Waals surface area contributed by atoms with E-state index in [0.29, 0.717) is 17.9 Å². The zero-order chi connectivity index (χ0) is 15.2. The summed E-state index contributed by atoms with van der Waals surface area (Å²) >= 11 is 0. The molecule has 1 amide bonds. The Morgan fingerprint density at radius 3 is 2.57 bits per heavy atom. The molecule has 0 spiro atoms. The van der Waals surface area contributed by atoms with Gasteiger partial charge in [-0.05, 0) is 35.7 Å². The molecule has 3 N–H and O–H groups in total. The Morgan fingerprint density at radius 1 is 1.29 bits per heavy atom. The van der Waals surface area contributed by atoms with Crippen molar-refractivity contribution in [1.29, 1.82) is 0 Å². The second kappa shape index (κ2) is 6.74. The van der Waals surface area contributed by atoms with Gasteiger partial charge < -0.3 is 15.8 Å². The standard InChI is InChI=1S/C16H19N3O2/c1-11(12-3-6-14(21-2)7-4-12)9-16(20)19-13-5-8-15(17)18-10-13/h3-8,10-11H,9H2,1-2H3,(H2,17,18)(H,19,20). The van der Waals surface area contributed by atoms with Crippen molar-refractivity contribution in [1.82, 2.24) is 4.98 Å². The lowest BCUT2D eigenvalue weighted by Crippen LogP contribution is -2.14. The first-order valence-electron chi connectivity index (χ1n) is 6.74. The van der Waals surface area contributed by atoms with Crippen LogP contribution in [-0.4, -0.2) is 18.0 Å². The van der Waals surface area contributed by atoms with E-state index in [-0.39, 0.29) is 11.8 Å². The molecule has 1 heterocycles. The average molecular weight is 285 g/mol. The highest BCUT2D eigenvalue weighted by molar-refractivity contribution is 5.91. The lowest BCUT2D eigenvalue weighted by atomic mass is 9.97. The van der Waals surface area contributed by atoms with Crippen molar-refractivity contribution >= 4 is 17.4 Å². The zero-order valence-corrected chi connectivity index (χ0v) is 12.2. The molecule has 0 radical (unpaired) electrons. The molecule has 5 heteroatoms. The lowest BCUT2D eigenvalue weighted by molar-refractivity contribution is -0.116. The van der Waals surface area contributed by atoms with Gasteiger partial charge in [0.1, 0.15) is 11.6 Å². The molecule has 2 aromatic rings. The Morgan fingerprint density at radius 2 is 2.00 bits per heavy atom. The molecular formula is C16H19N3O2. The lowest BCUT2D eigenvalue weighted by Gasteiger charge is -2.12. The average Bonchev–Trinajstić information content (AvgIpc) is 2.49. The van der Waals surface area contributed by atoms with Crippen molar-refractivity contribution in [2.24, 2.45) is 0 Å². The van der Waals surface area contributed by atoms with Crippen LogP contribution >= 0.6 is 0 Å². The number of carbonyl (C=O) groups is 1. The number of methoxy groups -OCH3 is 1. The number of nitrogens with zero attached hydrogens (tertiary/aromatic N) is 1. The second-order valence-corrected chi connectivity index (χ2v) is 4.90. The third kappa shape index (κ3) is 4.21. The molecule has 110 valence electrons. The molecule has 0 saturated heterocycles. The number of nitrogens with two attached hydrogens (primary N) is 1. The molecule has 0 saturated carbocycles. The first kappa shape index (κ1) is 14.8. The number of amides is 1. The third-order valence-electron chi connectivity index (χ3n) is 3.25. The number of aromatic nitrogens is 1. The van der Waals surface area contributed by atoms with Crippen LogP contribution in [0.15, 0.2) is 42.6 Å². The van der Waals surface area contributed by atoms with Crippen molar-refractivity contribution in [2.75, 3.05) is 18.2 Å². The maximum atomic E-state index is 12.0. The van der Waals surface area contributed by atoms with E-state index in [2.05, 4.69) is 10.3 Å². The van der Waals surface area contributed by atoms with Crippen LogP contribution < -0.4 is 15.8 Å². The summed E-state index contributed by atoms with van der Waals surface area (Å²) in [6.45, 7) is 2.02. The molecule has 1 aromatic carbocycles. The molecule has 2 rings (SSSR count). The van der Waals surface area contributed by atoms with Crippen molar-refractivity contribution in [2.45, 2.75) is 19.3 Å². The number of benzene rings is 1. The third-order valence-corrected chi connectivity index (χ3v) is 3.25. The van der Waals surface area contributed by atoms with Crippen LogP contribution in [0, 0.1) is 0 Å². The molecule has 0 aliphatic rings. The highest BCUT2D eigenvalue weighted by Crippen LogP contribution is 2.22. The van der Waals surface area contributed by atoms with Crippen LogP contribution in [0.1, 0.15) is 24.8 Å². The number of hydrogen-bond acceptors (Lipinski definition) is 4. The largest absolute Gasteiger partial charge is 0.497 e. The highest BCUT2D eigenvalue weighted by Gasteiger charge is 2.11. The summed E-state index contributed by atoms with van der Waals surface area (Å²) in [5, 5.41) is 2.81. The van der Waals surface area contributed by atoms with Crippen molar-refractivity contribution in [3.05, 3.63) is 48.2 Å². The molecule has 5 nitrogen and oxygen atoms in total. The highest BCUT2D eigenvalue weighted by atomic mass is 16.5. The van der Waals surface area contributed by atoms with E-state index in [1.54, 1.807) is 25.4 Å². The van der Waals surface area contributed by atoms with Crippen LogP contribution in [0.3, 0.4) is 0 Å². The van der Waals surface area contributed by atoms with E-state index < -0.39 is 0 Å². The summed E-state index contributed by atoms with van der Waals surface area (Å²) < 4.78 is 5.12. The van der Waals surface area contributed by atoms with Crippen LogP contribution in [0.25, 0.3) is 0 Å². The number of carbonyl (C=O) groups excluding carboxylic acids is 1. The first-order chi connectivity index (χ1) is 10.1. The van der Waals surface area contributed by atoms with E-state index in [1.165, 1.54) is 0 Å². The van der Waals surface area contributed by atoms with Gasteiger partial charge in [-0.2, -0.15) is 0 Å². The quantitative estimate of drug-likeness (QED) is 0.885. The number of nitrogens with one attached hydrogen (secondary N) is 1. The monoisotopic (exact) mass is 285 g/mol. The normalized spacial score (nSPS) is 11.7. The van der Waals surface area contributed by atoms with E-state index in [0.717, 1.165) is 11.3 Å². The Balaban J connectivity index is 1.93. The fourth-order valence-corrected chi connectivity index (χ4v) is 2.02. The Hall–Kier alpha value is -2.56. The summed E-state index contributed by atoms with van der Waals surface area (Å²) in [6, 6.07) is 11.1. The minimum atomic E-state index is -0.0510. The molecule has 0 aliphatic carbocycles. The van der Waals surface area contributed by atoms with E-state index >= 15 is 0 Å². The summed E-state index contributed by atoms with van der Waals surface area (Å²) in [6.07, 6.45) is 1.95. The van der Waals surface area contributed by atoms with Gasteiger partial charge in [0.2, 0.25) is 5.91 Å². The maximum Gasteiger partial charge on any atom is 0.225 e. The van der Waals surface area contributed by atoms with Gasteiger partial charge in [0.15, 0.2) is 0 Å². The second-order valence-electron chi connectivity index (χ2n) is 4.90. The van der Waals surface area contributed by atoms with Gasteiger partial charge in [-0.3, -0.25) is 4.79 Å². The summed E-state index contributed by atoms with van der Waals surface area (Å²) in [7, 11) is 1.63. The molecule has 1 atom stereocenters. The molecule has 21 heavy (non-hydrogen) atoms. The fraction of sp³-hybridized carbons (Fsp3) is 0.250. The maximum absolute atomic E-state index is 12.0. The van der Waals surface area contributed by atoms with E-state index in [1.807, 2.05) is 31.2 Å². The van der Waals surface area contributed by atoms with Gasteiger partial charge in [-0.15, -0.1) is 0 Å². The van der Waals surface area contributed by atoms with Crippen LogP contribution in [-0.2, 0) is 4.79 Å². The van der Waals surface area contributed by atoms with Crippen LogP contribution in [0.5, 0.6) is 5.75 Å². The van der Waals surface area contributed by atoms with Crippen molar-refractivity contribution < 1.29 is 9.53 Å². The zero-order valence-electron chi connectivity index (χ0n) is 12.2. The predicted octanol–water partition coefficient (Wildman–Crippen LogP) is 2.80. The Kier molecular flexibility index (Phi) is 4.77. The number of anilines is 2.